The average molecular weight is 481 g/mol. The number of methoxy groups -OCH3 is 2. The summed E-state index contributed by atoms with van der Waals surface area (Å²) in [5.41, 5.74) is 4.63. The predicted octanol–water partition coefficient (Wildman–Crippen LogP) is 6.27. The van der Waals surface area contributed by atoms with Gasteiger partial charge in [0, 0.05) is 34.2 Å². The first-order valence-electron chi connectivity index (χ1n) is 11.6. The van der Waals surface area contributed by atoms with Gasteiger partial charge in [0.05, 0.1) is 14.2 Å². The Morgan fingerprint density at radius 2 is 1.33 bits per heavy atom. The lowest BCUT2D eigenvalue weighted by Crippen LogP contribution is -2.06. The van der Waals surface area contributed by atoms with E-state index in [9.17, 15) is 20.4 Å². The summed E-state index contributed by atoms with van der Waals surface area (Å²) in [6.45, 7) is 0. The van der Waals surface area contributed by atoms with Crippen LogP contribution in [0.2, 0.25) is 0 Å². The van der Waals surface area contributed by atoms with Crippen molar-refractivity contribution < 1.29 is 29.9 Å². The van der Waals surface area contributed by atoms with Crippen molar-refractivity contribution >= 4 is 21.5 Å². The molecule has 0 aliphatic heterocycles. The Morgan fingerprint density at radius 1 is 0.583 bits per heavy atom. The third-order valence-corrected chi connectivity index (χ3v) is 7.08. The van der Waals surface area contributed by atoms with Crippen molar-refractivity contribution in [1.29, 1.82) is 0 Å². The summed E-state index contributed by atoms with van der Waals surface area (Å²) in [6.07, 6.45) is 1.41. The molecule has 0 saturated heterocycles. The van der Waals surface area contributed by atoms with E-state index in [1.165, 1.54) is 0 Å². The molecule has 36 heavy (non-hydrogen) atoms. The standard InChI is InChI=1S/C30H24O6/c1-35-26-12-19(32)10-17-4-3-16-11-24(33)23(13-22(16)28(17)26)29-21-7-5-15-9-18(31)6-8-20(15)30(21)27(36-2)14-25(29)34/h5-14,31-34H,3-4H2,1-2H3. The Hall–Kier alpha value is -4.58. The molecule has 0 heterocycles. The monoisotopic (exact) mass is 480 g/mol. The van der Waals surface area contributed by atoms with Crippen LogP contribution in [-0.2, 0) is 12.8 Å². The van der Waals surface area contributed by atoms with Gasteiger partial charge in [0.15, 0.2) is 0 Å². The van der Waals surface area contributed by atoms with E-state index in [1.807, 2.05) is 24.3 Å². The normalized spacial score (nSPS) is 12.4. The Labute approximate surface area is 207 Å². The number of fused-ring (bicyclic) bond motifs is 6. The number of aromatic hydroxyl groups is 4. The lowest BCUT2D eigenvalue weighted by atomic mass is 9.82. The first-order chi connectivity index (χ1) is 17.4. The van der Waals surface area contributed by atoms with Gasteiger partial charge in [0.25, 0.3) is 0 Å². The lowest BCUT2D eigenvalue weighted by Gasteiger charge is -2.24. The largest absolute Gasteiger partial charge is 0.508 e. The second kappa shape index (κ2) is 7.99. The fourth-order valence-electron chi connectivity index (χ4n) is 5.50. The molecule has 6 heteroatoms. The molecular formula is C30H24O6. The van der Waals surface area contributed by atoms with Crippen LogP contribution in [-0.4, -0.2) is 34.6 Å². The van der Waals surface area contributed by atoms with Crippen molar-refractivity contribution in [1.82, 2.24) is 0 Å². The van der Waals surface area contributed by atoms with Crippen molar-refractivity contribution in [2.75, 3.05) is 14.2 Å². The highest BCUT2D eigenvalue weighted by Crippen LogP contribution is 2.50. The van der Waals surface area contributed by atoms with E-state index in [2.05, 4.69) is 0 Å². The molecular weight excluding hydrogens is 456 g/mol. The summed E-state index contributed by atoms with van der Waals surface area (Å²) in [5, 5.41) is 45.6. The summed E-state index contributed by atoms with van der Waals surface area (Å²) in [4.78, 5) is 0. The van der Waals surface area contributed by atoms with Crippen LogP contribution in [0.25, 0.3) is 43.8 Å². The molecule has 0 amide bonds. The molecule has 4 N–H and O–H groups in total. The molecule has 0 aromatic heterocycles. The second-order valence-electron chi connectivity index (χ2n) is 9.08. The number of phenols is 4. The minimum absolute atomic E-state index is 0.0265. The number of hydrogen-bond acceptors (Lipinski definition) is 6. The van der Waals surface area contributed by atoms with E-state index < -0.39 is 0 Å². The fraction of sp³-hybridized carbons (Fsp3) is 0.133. The number of rotatable bonds is 3. The molecule has 0 bridgehead atoms. The van der Waals surface area contributed by atoms with Gasteiger partial charge in [0.2, 0.25) is 0 Å². The van der Waals surface area contributed by atoms with E-state index >= 15 is 0 Å². The minimum atomic E-state index is -0.0265. The molecule has 0 radical (unpaired) electrons. The van der Waals surface area contributed by atoms with Crippen LogP contribution in [0.15, 0.2) is 60.7 Å². The fourth-order valence-corrected chi connectivity index (χ4v) is 5.50. The molecule has 6 nitrogen and oxygen atoms in total. The van der Waals surface area contributed by atoms with E-state index in [0.29, 0.717) is 40.9 Å². The molecule has 0 atom stereocenters. The Bertz CT molecular complexity index is 1690. The lowest BCUT2D eigenvalue weighted by molar-refractivity contribution is 0.408. The zero-order valence-electron chi connectivity index (χ0n) is 19.8. The molecule has 0 saturated carbocycles. The maximum Gasteiger partial charge on any atom is 0.131 e. The molecule has 1 aliphatic carbocycles. The topological polar surface area (TPSA) is 99.4 Å². The van der Waals surface area contributed by atoms with Gasteiger partial charge in [-0.3, -0.25) is 0 Å². The highest BCUT2D eigenvalue weighted by Gasteiger charge is 2.25. The van der Waals surface area contributed by atoms with Crippen molar-refractivity contribution in [3.63, 3.8) is 0 Å². The van der Waals surface area contributed by atoms with Crippen molar-refractivity contribution in [3.8, 4) is 56.8 Å². The maximum absolute atomic E-state index is 11.2. The van der Waals surface area contributed by atoms with Crippen molar-refractivity contribution in [2.24, 2.45) is 0 Å². The van der Waals surface area contributed by atoms with E-state index in [-0.39, 0.29) is 23.0 Å². The molecule has 0 spiro atoms. The summed E-state index contributed by atoms with van der Waals surface area (Å²) >= 11 is 0. The first-order valence-corrected chi connectivity index (χ1v) is 11.6. The van der Waals surface area contributed by atoms with Gasteiger partial charge in [-0.15, -0.1) is 0 Å². The van der Waals surface area contributed by atoms with Crippen molar-refractivity contribution in [2.45, 2.75) is 12.8 Å². The van der Waals surface area contributed by atoms with Crippen LogP contribution < -0.4 is 9.47 Å². The average Bonchev–Trinajstić information content (AvgIpc) is 2.87. The summed E-state index contributed by atoms with van der Waals surface area (Å²) in [6, 6.07) is 17.3. The molecule has 180 valence electrons. The van der Waals surface area contributed by atoms with Crippen LogP contribution in [0.5, 0.6) is 34.5 Å². The Kier molecular flexibility index (Phi) is 4.86. The smallest absolute Gasteiger partial charge is 0.131 e. The number of hydrogen-bond donors (Lipinski definition) is 4. The van der Waals surface area contributed by atoms with Crippen LogP contribution in [0, 0.1) is 0 Å². The molecule has 0 unspecified atom stereocenters. The third kappa shape index (κ3) is 3.18. The van der Waals surface area contributed by atoms with Gasteiger partial charge in [-0.2, -0.15) is 0 Å². The highest BCUT2D eigenvalue weighted by atomic mass is 16.5. The molecule has 5 aromatic carbocycles. The maximum atomic E-state index is 11.2. The third-order valence-electron chi connectivity index (χ3n) is 7.08. The highest BCUT2D eigenvalue weighted by molar-refractivity contribution is 6.17. The first kappa shape index (κ1) is 21.9. The van der Waals surface area contributed by atoms with Gasteiger partial charge >= 0.3 is 0 Å². The molecule has 0 fully saturated rings. The zero-order valence-corrected chi connectivity index (χ0v) is 19.8. The van der Waals surface area contributed by atoms with Crippen LogP contribution in [0.1, 0.15) is 11.1 Å². The predicted molar refractivity (Wildman–Crippen MR) is 139 cm³/mol. The Morgan fingerprint density at radius 3 is 2.11 bits per heavy atom. The number of ether oxygens (including phenoxy) is 2. The van der Waals surface area contributed by atoms with Gasteiger partial charge < -0.3 is 29.9 Å². The molecule has 1 aliphatic rings. The summed E-state index contributed by atoms with van der Waals surface area (Å²) in [5.74, 6) is 1.37. The summed E-state index contributed by atoms with van der Waals surface area (Å²) < 4.78 is 11.2. The van der Waals surface area contributed by atoms with Crippen LogP contribution >= 0.6 is 0 Å². The van der Waals surface area contributed by atoms with E-state index in [1.54, 1.807) is 50.6 Å². The van der Waals surface area contributed by atoms with Crippen LogP contribution in [0.4, 0.5) is 0 Å². The zero-order chi connectivity index (χ0) is 25.1. The van der Waals surface area contributed by atoms with Gasteiger partial charge in [-0.05, 0) is 82.1 Å². The summed E-state index contributed by atoms with van der Waals surface area (Å²) in [7, 11) is 3.11. The Balaban J connectivity index is 1.69. The molecule has 6 rings (SSSR count). The molecule has 5 aromatic rings. The SMILES string of the molecule is COc1cc(O)cc2c1-c1cc(-c3c(O)cc(OC)c4c3ccc3cc(O)ccc34)c(O)cc1CC2. The number of aryl methyl sites for hydroxylation is 2. The minimum Gasteiger partial charge on any atom is -0.508 e. The van der Waals surface area contributed by atoms with Gasteiger partial charge in [-0.1, -0.05) is 12.1 Å². The van der Waals surface area contributed by atoms with E-state index in [0.717, 1.165) is 38.4 Å². The second-order valence-corrected chi connectivity index (χ2v) is 9.08. The number of benzene rings is 5. The quantitative estimate of drug-likeness (QED) is 0.227. The van der Waals surface area contributed by atoms with E-state index in [4.69, 9.17) is 9.47 Å². The van der Waals surface area contributed by atoms with Crippen molar-refractivity contribution in [3.05, 3.63) is 71.8 Å². The van der Waals surface area contributed by atoms with Gasteiger partial charge in [-0.25, -0.2) is 0 Å². The van der Waals surface area contributed by atoms with Crippen LogP contribution in [0.3, 0.4) is 0 Å². The van der Waals surface area contributed by atoms with Gasteiger partial charge in [0.1, 0.15) is 34.5 Å². The number of phenolic OH excluding ortho intramolecular Hbond substituents is 4.